The van der Waals surface area contributed by atoms with E-state index in [0.29, 0.717) is 0 Å². The Bertz CT molecular complexity index is 238. The average Bonchev–Trinajstić information content (AvgIpc) is 1.78. The van der Waals surface area contributed by atoms with Crippen molar-refractivity contribution in [2.75, 3.05) is 6.61 Å². The van der Waals surface area contributed by atoms with Gasteiger partial charge in [-0.1, -0.05) is 22.6 Å². The molecule has 0 aliphatic rings. The van der Waals surface area contributed by atoms with Crippen molar-refractivity contribution < 1.29 is 25.8 Å². The molecule has 1 atom stereocenters. The molecule has 3 nitrogen and oxygen atoms in total. The summed E-state index contributed by atoms with van der Waals surface area (Å²) in [6.45, 7) is -1.00. The summed E-state index contributed by atoms with van der Waals surface area (Å²) in [5.41, 5.74) is 0. The zero-order chi connectivity index (χ0) is 9.99. The summed E-state index contributed by atoms with van der Waals surface area (Å²) in [6, 6.07) is 0. The molecule has 9 heteroatoms. The maximum Gasteiger partial charge on any atom is 0.402 e. The largest absolute Gasteiger partial charge is 0.402 e. The quantitative estimate of drug-likeness (QED) is 0.448. The molecule has 0 saturated heterocycles. The summed E-state index contributed by atoms with van der Waals surface area (Å²) >= 11 is 1.02. The van der Waals surface area contributed by atoms with Gasteiger partial charge < -0.3 is 0 Å². The molecule has 0 aromatic rings. The monoisotopic (exact) mass is 338 g/mol. The molecule has 0 rings (SSSR count). The molecule has 74 valence electrons. The third-order valence-electron chi connectivity index (χ3n) is 0.710. The van der Waals surface area contributed by atoms with Crippen LogP contribution in [-0.2, 0) is 13.5 Å². The van der Waals surface area contributed by atoms with Crippen LogP contribution < -0.4 is 0 Å². The normalized spacial score (nSPS) is 16.1. The summed E-state index contributed by atoms with van der Waals surface area (Å²) in [5, 5.41) is 0. The summed E-state index contributed by atoms with van der Waals surface area (Å²) in [5.74, 6) is 0. The Morgan fingerprint density at radius 1 is 1.50 bits per heavy atom. The predicted octanol–water partition coefficient (Wildman–Crippen LogP) is 1.85. The Morgan fingerprint density at radius 3 is 2.17 bits per heavy atom. The van der Waals surface area contributed by atoms with Gasteiger partial charge in [0, 0.05) is 10.7 Å². The van der Waals surface area contributed by atoms with E-state index in [1.165, 1.54) is 0 Å². The van der Waals surface area contributed by atoms with Crippen molar-refractivity contribution in [2.45, 2.75) is 10.1 Å². The highest BCUT2D eigenvalue weighted by Gasteiger charge is 2.38. The Morgan fingerprint density at radius 2 is 1.92 bits per heavy atom. The smallest absolute Gasteiger partial charge is 0.257 e. The fraction of sp³-hybridized carbons (Fsp3) is 1.00. The number of hydrogen-bond acceptors (Lipinski definition) is 3. The third kappa shape index (κ3) is 6.26. The van der Waals surface area contributed by atoms with Crippen LogP contribution in [0.2, 0.25) is 0 Å². The molecule has 0 radical (unpaired) electrons. The molecule has 0 amide bonds. The molecule has 0 bridgehead atoms. The first-order valence-corrected chi connectivity index (χ1v) is 5.91. The van der Waals surface area contributed by atoms with Gasteiger partial charge in [-0.05, 0) is 0 Å². The van der Waals surface area contributed by atoms with Gasteiger partial charge >= 0.3 is 15.5 Å². The molecule has 0 aliphatic heterocycles. The fourth-order valence-electron chi connectivity index (χ4n) is 0.236. The highest BCUT2D eigenvalue weighted by molar-refractivity contribution is 14.1. The first-order chi connectivity index (χ1) is 5.13. The lowest BCUT2D eigenvalue weighted by Crippen LogP contribution is -2.27. The highest BCUT2D eigenvalue weighted by Crippen LogP contribution is 2.27. The molecule has 12 heavy (non-hydrogen) atoms. The van der Waals surface area contributed by atoms with E-state index in [1.807, 2.05) is 0 Å². The van der Waals surface area contributed by atoms with Crippen molar-refractivity contribution >= 4 is 42.6 Å². The van der Waals surface area contributed by atoms with Gasteiger partial charge in [-0.15, -0.1) is 0 Å². The summed E-state index contributed by atoms with van der Waals surface area (Å²) in [7, 11) is 0.195. The van der Waals surface area contributed by atoms with Gasteiger partial charge in [0.1, 0.15) is 3.92 Å². The fourth-order valence-corrected chi connectivity index (χ4v) is 1.11. The van der Waals surface area contributed by atoms with E-state index in [2.05, 4.69) is 14.9 Å². The lowest BCUT2D eigenvalue weighted by Gasteiger charge is -2.11. The van der Waals surface area contributed by atoms with Crippen LogP contribution in [-0.4, -0.2) is 25.1 Å². The molecule has 0 heterocycles. The first-order valence-electron chi connectivity index (χ1n) is 2.43. The number of alkyl halides is 4. The van der Waals surface area contributed by atoms with Crippen molar-refractivity contribution in [3.05, 3.63) is 0 Å². The highest BCUT2D eigenvalue weighted by atomic mass is 127. The summed E-state index contributed by atoms with van der Waals surface area (Å²) in [4.78, 5) is 0. The van der Waals surface area contributed by atoms with Crippen LogP contribution in [0.25, 0.3) is 0 Å². The van der Waals surface area contributed by atoms with Crippen LogP contribution >= 0.6 is 33.3 Å². The lowest BCUT2D eigenvalue weighted by atomic mass is 10.5. The minimum atomic E-state index is -4.48. The van der Waals surface area contributed by atoms with Crippen molar-refractivity contribution in [3.8, 4) is 0 Å². The standard InChI is InChI=1S/C3H3ClF3IO3S/c4-12(9,10)11-1-2(8)3(5,6)7/h2H,1H2. The number of hydrogen-bond donors (Lipinski definition) is 0. The second-order valence-corrected chi connectivity index (χ2v) is 5.35. The number of halogens is 5. The van der Waals surface area contributed by atoms with E-state index in [9.17, 15) is 21.6 Å². The second-order valence-electron chi connectivity index (χ2n) is 1.69. The SMILES string of the molecule is O=S(=O)(Cl)OCC(I)C(F)(F)F. The van der Waals surface area contributed by atoms with Gasteiger partial charge in [0.25, 0.3) is 0 Å². The first kappa shape index (κ1) is 12.7. The number of rotatable bonds is 3. The van der Waals surface area contributed by atoms with Crippen LogP contribution in [0.5, 0.6) is 0 Å². The molecular formula is C3H3ClF3IO3S. The molecule has 0 spiro atoms. The van der Waals surface area contributed by atoms with Gasteiger partial charge in [-0.3, -0.25) is 4.18 Å². The maximum atomic E-state index is 11.7. The zero-order valence-corrected chi connectivity index (χ0v) is 9.04. The van der Waals surface area contributed by atoms with Crippen molar-refractivity contribution in [2.24, 2.45) is 0 Å². The Kier molecular flexibility index (Phi) is 4.55. The minimum Gasteiger partial charge on any atom is -0.257 e. The topological polar surface area (TPSA) is 43.4 Å². The van der Waals surface area contributed by atoms with Crippen molar-refractivity contribution in [3.63, 3.8) is 0 Å². The summed E-state index contributed by atoms with van der Waals surface area (Å²) in [6.07, 6.45) is -4.48. The molecule has 1 unspecified atom stereocenters. The Labute approximate surface area is 85.0 Å². The molecule has 0 aromatic heterocycles. The predicted molar refractivity (Wildman–Crippen MR) is 44.6 cm³/mol. The van der Waals surface area contributed by atoms with Crippen molar-refractivity contribution in [1.29, 1.82) is 0 Å². The van der Waals surface area contributed by atoms with Gasteiger partial charge in [0.05, 0.1) is 6.61 Å². The molecule has 0 fully saturated rings. The third-order valence-corrected chi connectivity index (χ3v) is 2.46. The van der Waals surface area contributed by atoms with Gasteiger partial charge in [-0.2, -0.15) is 21.6 Å². The van der Waals surface area contributed by atoms with E-state index in [0.717, 1.165) is 22.6 Å². The molecule has 0 aliphatic carbocycles. The van der Waals surface area contributed by atoms with Gasteiger partial charge in [0.2, 0.25) is 0 Å². The Balaban J connectivity index is 3.97. The molecular weight excluding hydrogens is 335 g/mol. The second kappa shape index (κ2) is 4.29. The van der Waals surface area contributed by atoms with E-state index in [-0.39, 0.29) is 0 Å². The molecule has 0 saturated carbocycles. The molecule has 0 N–H and O–H groups in total. The van der Waals surface area contributed by atoms with Crippen LogP contribution in [0.4, 0.5) is 13.2 Å². The van der Waals surface area contributed by atoms with E-state index >= 15 is 0 Å². The van der Waals surface area contributed by atoms with Gasteiger partial charge in [-0.25, -0.2) is 0 Å². The zero-order valence-electron chi connectivity index (χ0n) is 5.31. The van der Waals surface area contributed by atoms with Crippen LogP contribution in [0.15, 0.2) is 0 Å². The van der Waals surface area contributed by atoms with E-state index in [4.69, 9.17) is 0 Å². The summed E-state index contributed by atoms with van der Waals surface area (Å²) < 4.78 is 57.0. The van der Waals surface area contributed by atoms with E-state index < -0.39 is 26.0 Å². The lowest BCUT2D eigenvalue weighted by molar-refractivity contribution is -0.129. The van der Waals surface area contributed by atoms with Gasteiger partial charge in [0.15, 0.2) is 0 Å². The minimum absolute atomic E-state index is 1.00. The maximum absolute atomic E-state index is 11.7. The van der Waals surface area contributed by atoms with Crippen LogP contribution in [0, 0.1) is 0 Å². The average molecular weight is 338 g/mol. The van der Waals surface area contributed by atoms with Crippen molar-refractivity contribution in [1.82, 2.24) is 0 Å². The Hall–Kier alpha value is 0.720. The van der Waals surface area contributed by atoms with E-state index in [1.54, 1.807) is 0 Å². The molecule has 0 aromatic carbocycles. The van der Waals surface area contributed by atoms with Crippen LogP contribution in [0.1, 0.15) is 0 Å². The van der Waals surface area contributed by atoms with Crippen LogP contribution in [0.3, 0.4) is 0 Å².